The molecule has 3 aromatic rings. The number of morpholine rings is 1. The third-order valence-corrected chi connectivity index (χ3v) is 7.33. The number of thiophene rings is 1. The smallest absolute Gasteiger partial charge is 0.240 e. The maximum Gasteiger partial charge on any atom is 0.240 e. The van der Waals surface area contributed by atoms with Gasteiger partial charge in [-0.3, -0.25) is 9.69 Å². The normalized spacial score (nSPS) is 15.8. The van der Waals surface area contributed by atoms with Crippen LogP contribution in [-0.4, -0.2) is 53.7 Å². The van der Waals surface area contributed by atoms with Crippen molar-refractivity contribution in [3.63, 3.8) is 0 Å². The number of anilines is 1. The van der Waals surface area contributed by atoms with Gasteiger partial charge in [-0.2, -0.15) is 4.37 Å². The Labute approximate surface area is 157 Å². The minimum absolute atomic E-state index is 0.181. The molecule has 4 rings (SSSR count). The van der Waals surface area contributed by atoms with E-state index in [1.165, 1.54) is 29.1 Å². The molecule has 3 aromatic heterocycles. The molecule has 25 heavy (non-hydrogen) atoms. The van der Waals surface area contributed by atoms with Gasteiger partial charge in [-0.25, -0.2) is 0 Å². The Hall–Kier alpha value is -1.39. The van der Waals surface area contributed by atoms with E-state index in [1.54, 1.807) is 23.9 Å². The highest BCUT2D eigenvalue weighted by atomic mass is 32.2. The molecule has 0 aromatic carbocycles. The molecule has 0 radical (unpaired) electrons. The van der Waals surface area contributed by atoms with Crippen LogP contribution in [0.25, 0.3) is 10.2 Å². The summed E-state index contributed by atoms with van der Waals surface area (Å²) in [6.45, 7) is 4.61. The van der Waals surface area contributed by atoms with Gasteiger partial charge in [-0.15, -0.1) is 23.1 Å². The third-order valence-electron chi connectivity index (χ3n) is 4.04. The predicted molar refractivity (Wildman–Crippen MR) is 102 cm³/mol. The molecule has 0 aliphatic carbocycles. The molecule has 1 aliphatic rings. The van der Waals surface area contributed by atoms with Crippen LogP contribution in [0.5, 0.6) is 0 Å². The van der Waals surface area contributed by atoms with Gasteiger partial charge in [-0.1, -0.05) is 0 Å². The summed E-state index contributed by atoms with van der Waals surface area (Å²) < 4.78 is 16.1. The lowest BCUT2D eigenvalue weighted by molar-refractivity contribution is 0.0410. The van der Waals surface area contributed by atoms with Crippen LogP contribution < -0.4 is 5.73 Å². The van der Waals surface area contributed by atoms with Crippen LogP contribution >= 0.6 is 34.6 Å². The number of furan rings is 1. The van der Waals surface area contributed by atoms with E-state index < -0.39 is 0 Å². The molecule has 0 saturated carbocycles. The van der Waals surface area contributed by atoms with Gasteiger partial charge in [0.15, 0.2) is 5.76 Å². The van der Waals surface area contributed by atoms with Crippen molar-refractivity contribution in [1.82, 2.24) is 9.27 Å². The number of carbonyl (C=O) groups is 1. The van der Waals surface area contributed by atoms with Crippen molar-refractivity contribution < 1.29 is 13.9 Å². The Morgan fingerprint density at radius 3 is 3.00 bits per heavy atom. The fraction of sp³-hybridized carbons (Fsp3) is 0.375. The highest BCUT2D eigenvalue weighted by Gasteiger charge is 2.24. The molecule has 0 amide bonds. The second kappa shape index (κ2) is 7.46. The summed E-state index contributed by atoms with van der Waals surface area (Å²) in [5.41, 5.74) is 6.80. The van der Waals surface area contributed by atoms with Gasteiger partial charge < -0.3 is 14.9 Å². The highest BCUT2D eigenvalue weighted by molar-refractivity contribution is 8.01. The number of hydrogen-bond donors (Lipinski definition) is 1. The first kappa shape index (κ1) is 17.0. The van der Waals surface area contributed by atoms with Crippen LogP contribution in [0.15, 0.2) is 27.0 Å². The zero-order valence-electron chi connectivity index (χ0n) is 13.4. The molecule has 0 spiro atoms. The number of rotatable bonds is 6. The summed E-state index contributed by atoms with van der Waals surface area (Å²) in [6.07, 6.45) is 1.49. The van der Waals surface area contributed by atoms with E-state index in [9.17, 15) is 4.79 Å². The Morgan fingerprint density at radius 1 is 1.40 bits per heavy atom. The van der Waals surface area contributed by atoms with Crippen molar-refractivity contribution in [1.29, 1.82) is 0 Å². The number of hydrogen-bond acceptors (Lipinski definition) is 9. The molecule has 6 nitrogen and oxygen atoms in total. The summed E-state index contributed by atoms with van der Waals surface area (Å²) in [5.74, 6) is 1.09. The first-order chi connectivity index (χ1) is 12.2. The fourth-order valence-corrected chi connectivity index (χ4v) is 6.02. The lowest BCUT2D eigenvalue weighted by Gasteiger charge is -2.26. The lowest BCUT2D eigenvalue weighted by Crippen LogP contribution is -2.37. The molecule has 0 atom stereocenters. The molecule has 9 heteroatoms. The molecule has 132 valence electrons. The van der Waals surface area contributed by atoms with Crippen molar-refractivity contribution in [2.45, 2.75) is 4.21 Å². The Bertz CT molecular complexity index is 866. The molecule has 2 N–H and O–H groups in total. The minimum Gasteiger partial charge on any atom is -0.461 e. The fourth-order valence-electron chi connectivity index (χ4n) is 2.70. The van der Waals surface area contributed by atoms with Gasteiger partial charge in [0.1, 0.15) is 9.71 Å². The maximum atomic E-state index is 12.5. The van der Waals surface area contributed by atoms with Crippen LogP contribution in [0.1, 0.15) is 15.4 Å². The van der Waals surface area contributed by atoms with Crippen molar-refractivity contribution in [2.75, 3.05) is 44.3 Å². The predicted octanol–water partition coefficient (Wildman–Crippen LogP) is 3.19. The van der Waals surface area contributed by atoms with Crippen LogP contribution in [0.3, 0.4) is 0 Å². The Morgan fingerprint density at radius 2 is 2.24 bits per heavy atom. The van der Waals surface area contributed by atoms with E-state index in [1.807, 2.05) is 0 Å². The van der Waals surface area contributed by atoms with Gasteiger partial charge in [0.25, 0.3) is 0 Å². The van der Waals surface area contributed by atoms with E-state index in [0.29, 0.717) is 16.3 Å². The standard InChI is InChI=1S/C16H17N3O3S3/c17-12-11-15(24-14(12)13(20)10-2-1-6-22-10)18-25-16(11)23-9-5-19-3-7-21-8-4-19/h1-2,6H,3-5,7-9,17H2. The lowest BCUT2D eigenvalue weighted by atomic mass is 10.2. The Balaban J connectivity index is 1.49. The molecule has 1 fully saturated rings. The first-order valence-corrected chi connectivity index (χ1v) is 10.5. The van der Waals surface area contributed by atoms with Crippen LogP contribution in [0.4, 0.5) is 5.69 Å². The molecule has 0 bridgehead atoms. The molecule has 1 aliphatic heterocycles. The third kappa shape index (κ3) is 3.47. The topological polar surface area (TPSA) is 81.6 Å². The number of thioether (sulfide) groups is 1. The second-order valence-electron chi connectivity index (χ2n) is 5.60. The van der Waals surface area contributed by atoms with E-state index in [0.717, 1.165) is 53.0 Å². The summed E-state index contributed by atoms with van der Waals surface area (Å²) in [4.78, 5) is 16.2. The average molecular weight is 396 g/mol. The van der Waals surface area contributed by atoms with Gasteiger partial charge in [0.05, 0.1) is 34.8 Å². The average Bonchev–Trinajstić information content (AvgIpc) is 3.35. The summed E-state index contributed by atoms with van der Waals surface area (Å²) in [7, 11) is 0. The number of ketones is 1. The zero-order chi connectivity index (χ0) is 17.2. The van der Waals surface area contributed by atoms with Crippen LogP contribution in [0.2, 0.25) is 0 Å². The number of aromatic nitrogens is 1. The quantitative estimate of drug-likeness (QED) is 0.507. The highest BCUT2D eigenvalue weighted by Crippen LogP contribution is 2.42. The van der Waals surface area contributed by atoms with Gasteiger partial charge >= 0.3 is 0 Å². The summed E-state index contributed by atoms with van der Waals surface area (Å²) >= 11 is 4.54. The van der Waals surface area contributed by atoms with E-state index in [2.05, 4.69) is 9.27 Å². The van der Waals surface area contributed by atoms with Crippen molar-refractivity contribution in [2.24, 2.45) is 0 Å². The van der Waals surface area contributed by atoms with E-state index in [4.69, 9.17) is 14.9 Å². The Kier molecular flexibility index (Phi) is 5.09. The minimum atomic E-state index is -0.181. The van der Waals surface area contributed by atoms with Gasteiger partial charge in [0.2, 0.25) is 5.78 Å². The first-order valence-electron chi connectivity index (χ1n) is 7.93. The SMILES string of the molecule is Nc1c(C(=O)c2ccco2)sc2nsc(SCCN3CCOCC3)c12. The van der Waals surface area contributed by atoms with Gasteiger partial charge in [-0.05, 0) is 23.7 Å². The van der Waals surface area contributed by atoms with E-state index in [-0.39, 0.29) is 5.78 Å². The molecule has 0 unspecified atom stereocenters. The van der Waals surface area contributed by atoms with Crippen molar-refractivity contribution in [3.05, 3.63) is 29.0 Å². The van der Waals surface area contributed by atoms with Crippen LogP contribution in [-0.2, 0) is 4.74 Å². The summed E-state index contributed by atoms with van der Waals surface area (Å²) in [6, 6.07) is 3.35. The number of carbonyl (C=O) groups excluding carboxylic acids is 1. The molecule has 4 heterocycles. The molecule has 1 saturated heterocycles. The van der Waals surface area contributed by atoms with E-state index >= 15 is 0 Å². The number of nitrogen functional groups attached to an aromatic ring is 1. The zero-order valence-corrected chi connectivity index (χ0v) is 15.8. The van der Waals surface area contributed by atoms with Crippen LogP contribution in [0, 0.1) is 0 Å². The monoisotopic (exact) mass is 395 g/mol. The van der Waals surface area contributed by atoms with Gasteiger partial charge in [0, 0.05) is 25.4 Å². The number of nitrogens with two attached hydrogens (primary N) is 1. The second-order valence-corrected chi connectivity index (χ2v) is 8.74. The number of nitrogens with zero attached hydrogens (tertiary/aromatic N) is 2. The maximum absolute atomic E-state index is 12.5. The largest absolute Gasteiger partial charge is 0.461 e. The number of fused-ring (bicyclic) bond motifs is 1. The molecular weight excluding hydrogens is 378 g/mol. The van der Waals surface area contributed by atoms with Crippen molar-refractivity contribution in [3.8, 4) is 0 Å². The van der Waals surface area contributed by atoms with Crippen molar-refractivity contribution >= 4 is 56.3 Å². The molecular formula is C16H17N3O3S3. The number of ether oxygens (including phenoxy) is 1. The summed E-state index contributed by atoms with van der Waals surface area (Å²) in [5, 5.41) is 0.914.